The van der Waals surface area contributed by atoms with Gasteiger partial charge < -0.3 is 5.32 Å². The third-order valence-corrected chi connectivity index (χ3v) is 5.76. The molecule has 20 heavy (non-hydrogen) atoms. The van der Waals surface area contributed by atoms with Crippen molar-refractivity contribution in [2.24, 2.45) is 0 Å². The van der Waals surface area contributed by atoms with Crippen molar-refractivity contribution in [1.82, 2.24) is 20.2 Å². The van der Waals surface area contributed by atoms with Crippen LogP contribution in [-0.2, 0) is 16.6 Å². The van der Waals surface area contributed by atoms with Gasteiger partial charge in [-0.25, -0.2) is 13.1 Å². The minimum atomic E-state index is -3.07. The molecule has 0 amide bonds. The summed E-state index contributed by atoms with van der Waals surface area (Å²) in [6.07, 6.45) is 4.10. The number of nitrogens with one attached hydrogen (secondary N) is 3. The van der Waals surface area contributed by atoms with E-state index in [0.29, 0.717) is 19.0 Å². The van der Waals surface area contributed by atoms with E-state index in [2.05, 4.69) is 26.3 Å². The first kappa shape index (κ1) is 14.0. The van der Waals surface area contributed by atoms with Crippen LogP contribution in [0.25, 0.3) is 0 Å². The van der Waals surface area contributed by atoms with E-state index < -0.39 is 10.0 Å². The molecule has 0 aliphatic heterocycles. The number of H-pyrrole nitrogens is 1. The third kappa shape index (κ3) is 3.59. The molecule has 6 nitrogen and oxygen atoms in total. The standard InChI is InChI=1S/C13H22N4O2S/c1-9(7-15-20(18,19)12-4-5-12)14-8-11-6-13(17-16-11)10-2-3-10/h6,9-10,12,14-15H,2-5,7-8H2,1H3,(H,16,17)/t9-/m1/s1. The molecule has 2 fully saturated rings. The van der Waals surface area contributed by atoms with Crippen molar-refractivity contribution in [2.45, 2.75) is 56.4 Å². The van der Waals surface area contributed by atoms with Gasteiger partial charge in [0.05, 0.1) is 10.9 Å². The maximum Gasteiger partial charge on any atom is 0.214 e. The van der Waals surface area contributed by atoms with Gasteiger partial charge in [0.1, 0.15) is 0 Å². The van der Waals surface area contributed by atoms with Crippen molar-refractivity contribution in [1.29, 1.82) is 0 Å². The Kier molecular flexibility index (Phi) is 3.83. The zero-order valence-electron chi connectivity index (χ0n) is 11.7. The molecule has 1 aromatic rings. The van der Waals surface area contributed by atoms with Crippen LogP contribution in [0.2, 0.25) is 0 Å². The highest BCUT2D eigenvalue weighted by Crippen LogP contribution is 2.38. The lowest BCUT2D eigenvalue weighted by Crippen LogP contribution is -2.39. The highest BCUT2D eigenvalue weighted by atomic mass is 32.2. The molecule has 3 rings (SSSR count). The molecule has 112 valence electrons. The Morgan fingerprint density at radius 2 is 2.15 bits per heavy atom. The molecule has 3 N–H and O–H groups in total. The van der Waals surface area contributed by atoms with Crippen molar-refractivity contribution < 1.29 is 8.42 Å². The summed E-state index contributed by atoms with van der Waals surface area (Å²) < 4.78 is 26.1. The van der Waals surface area contributed by atoms with Crippen LogP contribution >= 0.6 is 0 Å². The Bertz CT molecular complexity index is 561. The molecule has 0 bridgehead atoms. The fourth-order valence-electron chi connectivity index (χ4n) is 2.15. The molecular weight excluding hydrogens is 276 g/mol. The van der Waals surface area contributed by atoms with Crippen molar-refractivity contribution in [3.8, 4) is 0 Å². The Hall–Kier alpha value is -0.920. The van der Waals surface area contributed by atoms with Crippen LogP contribution in [0.5, 0.6) is 0 Å². The number of hydrogen-bond donors (Lipinski definition) is 3. The van der Waals surface area contributed by atoms with Gasteiger partial charge in [-0.2, -0.15) is 5.10 Å². The highest BCUT2D eigenvalue weighted by Gasteiger charge is 2.35. The predicted octanol–water partition coefficient (Wildman–Crippen LogP) is 0.847. The summed E-state index contributed by atoms with van der Waals surface area (Å²) in [7, 11) is -3.07. The van der Waals surface area contributed by atoms with Crippen molar-refractivity contribution in [3.63, 3.8) is 0 Å². The Balaban J connectivity index is 1.40. The maximum absolute atomic E-state index is 11.7. The Morgan fingerprint density at radius 3 is 2.80 bits per heavy atom. The van der Waals surface area contributed by atoms with Gasteiger partial charge in [-0.3, -0.25) is 5.10 Å². The molecule has 0 spiro atoms. The molecule has 2 aliphatic carbocycles. The van der Waals surface area contributed by atoms with Crippen LogP contribution in [0, 0.1) is 0 Å². The van der Waals surface area contributed by atoms with E-state index in [1.54, 1.807) is 0 Å². The number of rotatable bonds is 8. The minimum absolute atomic E-state index is 0.0937. The lowest BCUT2D eigenvalue weighted by Gasteiger charge is -2.14. The molecule has 0 saturated heterocycles. The fourth-order valence-corrected chi connectivity index (χ4v) is 3.63. The van der Waals surface area contributed by atoms with Crippen LogP contribution in [0.4, 0.5) is 0 Å². The van der Waals surface area contributed by atoms with Crippen molar-refractivity contribution in [2.75, 3.05) is 6.54 Å². The second-order valence-electron chi connectivity index (χ2n) is 5.97. The summed E-state index contributed by atoms with van der Waals surface area (Å²) in [6.45, 7) is 3.10. The summed E-state index contributed by atoms with van der Waals surface area (Å²) in [6, 6.07) is 2.20. The Morgan fingerprint density at radius 1 is 1.40 bits per heavy atom. The largest absolute Gasteiger partial charge is 0.307 e. The van der Waals surface area contributed by atoms with E-state index in [9.17, 15) is 8.42 Å². The summed E-state index contributed by atoms with van der Waals surface area (Å²) in [5, 5.41) is 10.5. The van der Waals surface area contributed by atoms with E-state index in [4.69, 9.17) is 0 Å². The first-order valence-corrected chi connectivity index (χ1v) is 8.85. The van der Waals surface area contributed by atoms with E-state index in [0.717, 1.165) is 24.2 Å². The molecule has 1 aromatic heterocycles. The van der Waals surface area contributed by atoms with Gasteiger partial charge in [-0.15, -0.1) is 0 Å². The zero-order chi connectivity index (χ0) is 14.2. The quantitative estimate of drug-likeness (QED) is 0.664. The predicted molar refractivity (Wildman–Crippen MR) is 76.8 cm³/mol. The van der Waals surface area contributed by atoms with Crippen LogP contribution in [-0.4, -0.2) is 36.5 Å². The van der Waals surface area contributed by atoms with Crippen LogP contribution in [0.3, 0.4) is 0 Å². The smallest absolute Gasteiger partial charge is 0.214 e. The van der Waals surface area contributed by atoms with Crippen LogP contribution in [0.15, 0.2) is 6.07 Å². The molecule has 1 heterocycles. The fraction of sp³-hybridized carbons (Fsp3) is 0.769. The SMILES string of the molecule is C[C@H](CNS(=O)(=O)C1CC1)NCc1cc(C2CC2)n[nH]1. The van der Waals surface area contributed by atoms with E-state index in [1.807, 2.05) is 6.92 Å². The average Bonchev–Trinajstić information content (AvgIpc) is 3.31. The normalized spacial score (nSPS) is 21.1. The van der Waals surface area contributed by atoms with Crippen LogP contribution < -0.4 is 10.0 Å². The van der Waals surface area contributed by atoms with Gasteiger partial charge in [0.15, 0.2) is 0 Å². The topological polar surface area (TPSA) is 86.9 Å². The summed E-state index contributed by atoms with van der Waals surface area (Å²) in [5.74, 6) is 0.655. The van der Waals surface area contributed by atoms with Gasteiger partial charge in [0.2, 0.25) is 10.0 Å². The lowest BCUT2D eigenvalue weighted by atomic mass is 10.2. The number of aromatic nitrogens is 2. The zero-order valence-corrected chi connectivity index (χ0v) is 12.5. The average molecular weight is 298 g/mol. The number of aromatic amines is 1. The van der Waals surface area contributed by atoms with Gasteiger partial charge in [-0.05, 0) is 38.7 Å². The van der Waals surface area contributed by atoms with Crippen LogP contribution in [0.1, 0.15) is 49.9 Å². The lowest BCUT2D eigenvalue weighted by molar-refractivity contribution is 0.520. The minimum Gasteiger partial charge on any atom is -0.307 e. The van der Waals surface area contributed by atoms with Gasteiger partial charge in [-0.1, -0.05) is 0 Å². The first-order valence-electron chi connectivity index (χ1n) is 7.30. The monoisotopic (exact) mass is 298 g/mol. The van der Waals surface area contributed by atoms with Gasteiger partial charge in [0, 0.05) is 30.7 Å². The summed E-state index contributed by atoms with van der Waals surface area (Å²) in [4.78, 5) is 0. The molecule has 1 atom stereocenters. The first-order chi connectivity index (χ1) is 9.54. The second kappa shape index (κ2) is 5.46. The number of hydrogen-bond acceptors (Lipinski definition) is 4. The number of sulfonamides is 1. The maximum atomic E-state index is 11.7. The molecule has 0 radical (unpaired) electrons. The molecule has 7 heteroatoms. The highest BCUT2D eigenvalue weighted by molar-refractivity contribution is 7.90. The van der Waals surface area contributed by atoms with Crippen molar-refractivity contribution in [3.05, 3.63) is 17.5 Å². The third-order valence-electron chi connectivity index (χ3n) is 3.84. The molecule has 2 aliphatic rings. The van der Waals surface area contributed by atoms with E-state index in [-0.39, 0.29) is 11.3 Å². The van der Waals surface area contributed by atoms with Gasteiger partial charge in [0.25, 0.3) is 0 Å². The summed E-state index contributed by atoms with van der Waals surface area (Å²) >= 11 is 0. The Labute approximate surface area is 119 Å². The molecule has 0 unspecified atom stereocenters. The van der Waals surface area contributed by atoms with Crippen molar-refractivity contribution >= 4 is 10.0 Å². The van der Waals surface area contributed by atoms with E-state index in [1.165, 1.54) is 12.8 Å². The molecular formula is C13H22N4O2S. The van der Waals surface area contributed by atoms with Gasteiger partial charge >= 0.3 is 0 Å². The second-order valence-corrected chi connectivity index (χ2v) is 8.01. The number of nitrogens with zero attached hydrogens (tertiary/aromatic N) is 1. The summed E-state index contributed by atoms with van der Waals surface area (Å²) in [5.41, 5.74) is 2.22. The molecule has 2 saturated carbocycles. The molecule has 0 aromatic carbocycles. The van der Waals surface area contributed by atoms with E-state index >= 15 is 0 Å².